The average Bonchev–Trinajstić information content (AvgIpc) is 2.44. The van der Waals surface area contributed by atoms with Crippen LogP contribution in [0, 0.1) is 6.92 Å². The van der Waals surface area contributed by atoms with Crippen LogP contribution in [-0.4, -0.2) is 6.54 Å². The zero-order valence-corrected chi connectivity index (χ0v) is 11.6. The van der Waals surface area contributed by atoms with Crippen molar-refractivity contribution in [1.29, 1.82) is 0 Å². The van der Waals surface area contributed by atoms with Gasteiger partial charge in [0, 0.05) is 6.54 Å². The second kappa shape index (κ2) is 6.95. The van der Waals surface area contributed by atoms with Gasteiger partial charge in [0.25, 0.3) is 0 Å². The summed E-state index contributed by atoms with van der Waals surface area (Å²) in [5.41, 5.74) is 3.75. The SMILES string of the molecule is CCNCc1ccc(OCc2cccc(C)c2)cc1. The van der Waals surface area contributed by atoms with Crippen LogP contribution < -0.4 is 10.1 Å². The molecule has 0 aliphatic rings. The predicted molar refractivity (Wildman–Crippen MR) is 79.3 cm³/mol. The molecule has 19 heavy (non-hydrogen) atoms. The molecule has 1 N–H and O–H groups in total. The van der Waals surface area contributed by atoms with Crippen molar-refractivity contribution in [2.24, 2.45) is 0 Å². The Kier molecular flexibility index (Phi) is 4.99. The molecule has 0 unspecified atom stereocenters. The van der Waals surface area contributed by atoms with Gasteiger partial charge in [0.05, 0.1) is 0 Å². The van der Waals surface area contributed by atoms with Gasteiger partial charge < -0.3 is 10.1 Å². The maximum absolute atomic E-state index is 5.79. The average molecular weight is 255 g/mol. The van der Waals surface area contributed by atoms with E-state index in [0.717, 1.165) is 18.8 Å². The second-order valence-electron chi connectivity index (χ2n) is 4.70. The van der Waals surface area contributed by atoms with E-state index in [4.69, 9.17) is 4.74 Å². The van der Waals surface area contributed by atoms with E-state index in [0.29, 0.717) is 6.61 Å². The van der Waals surface area contributed by atoms with Crippen molar-refractivity contribution >= 4 is 0 Å². The Hall–Kier alpha value is -1.80. The number of ether oxygens (including phenoxy) is 1. The highest BCUT2D eigenvalue weighted by atomic mass is 16.5. The number of rotatable bonds is 6. The summed E-state index contributed by atoms with van der Waals surface area (Å²) < 4.78 is 5.79. The normalized spacial score (nSPS) is 10.4. The molecule has 0 bridgehead atoms. The van der Waals surface area contributed by atoms with Gasteiger partial charge >= 0.3 is 0 Å². The van der Waals surface area contributed by atoms with Crippen LogP contribution >= 0.6 is 0 Å². The standard InChI is InChI=1S/C17H21NO/c1-3-18-12-15-7-9-17(10-8-15)19-13-16-6-4-5-14(2)11-16/h4-11,18H,3,12-13H2,1-2H3. The van der Waals surface area contributed by atoms with E-state index in [-0.39, 0.29) is 0 Å². The van der Waals surface area contributed by atoms with Crippen molar-refractivity contribution in [3.8, 4) is 5.75 Å². The topological polar surface area (TPSA) is 21.3 Å². The summed E-state index contributed by atoms with van der Waals surface area (Å²) in [6.45, 7) is 6.73. The Balaban J connectivity index is 1.89. The van der Waals surface area contributed by atoms with E-state index < -0.39 is 0 Å². The lowest BCUT2D eigenvalue weighted by Crippen LogP contribution is -2.11. The van der Waals surface area contributed by atoms with Crippen molar-refractivity contribution < 1.29 is 4.74 Å². The molecule has 0 aromatic heterocycles. The minimum atomic E-state index is 0.619. The van der Waals surface area contributed by atoms with Gasteiger partial charge in [-0.05, 0) is 36.7 Å². The molecule has 0 heterocycles. The first kappa shape index (κ1) is 13.6. The highest BCUT2D eigenvalue weighted by Gasteiger charge is 1.97. The first-order valence-electron chi connectivity index (χ1n) is 6.76. The molecule has 2 heteroatoms. The number of hydrogen-bond acceptors (Lipinski definition) is 2. The molecule has 2 aromatic rings. The number of hydrogen-bond donors (Lipinski definition) is 1. The summed E-state index contributed by atoms with van der Waals surface area (Å²) in [6, 6.07) is 16.7. The lowest BCUT2D eigenvalue weighted by molar-refractivity contribution is 0.306. The quantitative estimate of drug-likeness (QED) is 0.850. The smallest absolute Gasteiger partial charge is 0.119 e. The van der Waals surface area contributed by atoms with E-state index in [1.165, 1.54) is 16.7 Å². The first-order chi connectivity index (χ1) is 9.28. The predicted octanol–water partition coefficient (Wildman–Crippen LogP) is 3.68. The lowest BCUT2D eigenvalue weighted by Gasteiger charge is -2.08. The van der Waals surface area contributed by atoms with Gasteiger partial charge in [0.1, 0.15) is 12.4 Å². The van der Waals surface area contributed by atoms with Gasteiger partial charge in [-0.25, -0.2) is 0 Å². The molecular weight excluding hydrogens is 234 g/mol. The van der Waals surface area contributed by atoms with Gasteiger partial charge in [-0.1, -0.05) is 48.9 Å². The fraction of sp³-hybridized carbons (Fsp3) is 0.294. The minimum Gasteiger partial charge on any atom is -0.489 e. The van der Waals surface area contributed by atoms with Crippen LogP contribution in [0.5, 0.6) is 5.75 Å². The molecule has 0 fully saturated rings. The lowest BCUT2D eigenvalue weighted by atomic mass is 10.1. The van der Waals surface area contributed by atoms with Crippen LogP contribution in [0.2, 0.25) is 0 Å². The fourth-order valence-corrected chi connectivity index (χ4v) is 1.94. The van der Waals surface area contributed by atoms with E-state index in [2.05, 4.69) is 55.6 Å². The second-order valence-corrected chi connectivity index (χ2v) is 4.70. The molecule has 0 aliphatic carbocycles. The Morgan fingerprint density at radius 3 is 2.47 bits per heavy atom. The molecule has 0 radical (unpaired) electrons. The Bertz CT molecular complexity index is 505. The highest BCUT2D eigenvalue weighted by Crippen LogP contribution is 2.14. The zero-order valence-electron chi connectivity index (χ0n) is 11.6. The van der Waals surface area contributed by atoms with Gasteiger partial charge in [-0.3, -0.25) is 0 Å². The monoisotopic (exact) mass is 255 g/mol. The maximum atomic E-state index is 5.79. The van der Waals surface area contributed by atoms with Crippen molar-refractivity contribution in [2.75, 3.05) is 6.54 Å². The molecule has 2 nitrogen and oxygen atoms in total. The fourth-order valence-electron chi connectivity index (χ4n) is 1.94. The molecule has 2 rings (SSSR count). The Morgan fingerprint density at radius 2 is 1.79 bits per heavy atom. The van der Waals surface area contributed by atoms with Crippen molar-refractivity contribution in [1.82, 2.24) is 5.32 Å². The third-order valence-electron chi connectivity index (χ3n) is 2.99. The highest BCUT2D eigenvalue weighted by molar-refractivity contribution is 5.28. The molecule has 2 aromatic carbocycles. The summed E-state index contributed by atoms with van der Waals surface area (Å²) in [4.78, 5) is 0. The molecule has 0 amide bonds. The van der Waals surface area contributed by atoms with Crippen molar-refractivity contribution in [3.05, 3.63) is 65.2 Å². The van der Waals surface area contributed by atoms with Gasteiger partial charge in [-0.15, -0.1) is 0 Å². The van der Waals surface area contributed by atoms with Gasteiger partial charge in [0.15, 0.2) is 0 Å². The van der Waals surface area contributed by atoms with E-state index in [1.807, 2.05) is 12.1 Å². The van der Waals surface area contributed by atoms with Crippen LogP contribution in [0.4, 0.5) is 0 Å². The van der Waals surface area contributed by atoms with Gasteiger partial charge in [0.2, 0.25) is 0 Å². The zero-order chi connectivity index (χ0) is 13.5. The summed E-state index contributed by atoms with van der Waals surface area (Å²) in [6.07, 6.45) is 0. The molecule has 0 atom stereocenters. The Labute approximate surface area is 115 Å². The summed E-state index contributed by atoms with van der Waals surface area (Å²) in [7, 11) is 0. The molecule has 100 valence electrons. The minimum absolute atomic E-state index is 0.619. The van der Waals surface area contributed by atoms with Crippen molar-refractivity contribution in [2.45, 2.75) is 27.0 Å². The first-order valence-corrected chi connectivity index (χ1v) is 6.76. The van der Waals surface area contributed by atoms with Crippen LogP contribution in [0.1, 0.15) is 23.6 Å². The van der Waals surface area contributed by atoms with Crippen LogP contribution in [0.3, 0.4) is 0 Å². The van der Waals surface area contributed by atoms with E-state index >= 15 is 0 Å². The van der Waals surface area contributed by atoms with Crippen LogP contribution in [0.15, 0.2) is 48.5 Å². The van der Waals surface area contributed by atoms with Gasteiger partial charge in [-0.2, -0.15) is 0 Å². The molecule has 0 aliphatic heterocycles. The number of aryl methyl sites for hydroxylation is 1. The third kappa shape index (κ3) is 4.42. The van der Waals surface area contributed by atoms with Crippen LogP contribution in [-0.2, 0) is 13.2 Å². The molecule has 0 saturated carbocycles. The summed E-state index contributed by atoms with van der Waals surface area (Å²) >= 11 is 0. The summed E-state index contributed by atoms with van der Waals surface area (Å²) in [5.74, 6) is 0.918. The van der Waals surface area contributed by atoms with Crippen molar-refractivity contribution in [3.63, 3.8) is 0 Å². The third-order valence-corrected chi connectivity index (χ3v) is 2.99. The summed E-state index contributed by atoms with van der Waals surface area (Å²) in [5, 5.41) is 3.31. The Morgan fingerprint density at radius 1 is 1.00 bits per heavy atom. The van der Waals surface area contributed by atoms with E-state index in [9.17, 15) is 0 Å². The molecular formula is C17H21NO. The number of benzene rings is 2. The maximum Gasteiger partial charge on any atom is 0.119 e. The van der Waals surface area contributed by atoms with Crippen LogP contribution in [0.25, 0.3) is 0 Å². The van der Waals surface area contributed by atoms with E-state index in [1.54, 1.807) is 0 Å². The largest absolute Gasteiger partial charge is 0.489 e. The molecule has 0 spiro atoms. The number of nitrogens with one attached hydrogen (secondary N) is 1. The molecule has 0 saturated heterocycles.